The Hall–Kier alpha value is -0.860. The second-order valence-electron chi connectivity index (χ2n) is 5.64. The lowest BCUT2D eigenvalue weighted by Gasteiger charge is -2.29. The first-order valence-electron chi connectivity index (χ1n) is 6.40. The van der Waals surface area contributed by atoms with Gasteiger partial charge in [0, 0.05) is 5.41 Å². The molecule has 0 saturated heterocycles. The lowest BCUT2D eigenvalue weighted by molar-refractivity contribution is -0.0462. The van der Waals surface area contributed by atoms with Gasteiger partial charge in [-0.1, -0.05) is 44.2 Å². The maximum atomic E-state index is 9.53. The number of hydrogen-bond donors (Lipinski definition) is 1. The van der Waals surface area contributed by atoms with Crippen molar-refractivity contribution < 1.29 is 9.84 Å². The first kappa shape index (κ1) is 12.6. The summed E-state index contributed by atoms with van der Waals surface area (Å²) in [5.74, 6) is 0.646. The van der Waals surface area contributed by atoms with Gasteiger partial charge in [-0.3, -0.25) is 0 Å². The molecule has 1 fully saturated rings. The van der Waals surface area contributed by atoms with Crippen molar-refractivity contribution in [3.63, 3.8) is 0 Å². The number of benzene rings is 1. The summed E-state index contributed by atoms with van der Waals surface area (Å²) in [6, 6.07) is 10.2. The Morgan fingerprint density at radius 2 is 2.06 bits per heavy atom. The van der Waals surface area contributed by atoms with Gasteiger partial charge in [-0.2, -0.15) is 0 Å². The molecule has 0 unspecified atom stereocenters. The van der Waals surface area contributed by atoms with E-state index >= 15 is 0 Å². The monoisotopic (exact) mass is 234 g/mol. The molecule has 2 rings (SSSR count). The summed E-state index contributed by atoms with van der Waals surface area (Å²) < 4.78 is 6.01. The van der Waals surface area contributed by atoms with Gasteiger partial charge in [-0.05, 0) is 24.3 Å². The summed E-state index contributed by atoms with van der Waals surface area (Å²) in [4.78, 5) is 0. The molecule has 1 aromatic carbocycles. The molecule has 0 bridgehead atoms. The van der Waals surface area contributed by atoms with E-state index in [0.717, 1.165) is 12.8 Å². The molecule has 0 aromatic heterocycles. The van der Waals surface area contributed by atoms with E-state index in [4.69, 9.17) is 4.74 Å². The van der Waals surface area contributed by atoms with Gasteiger partial charge in [-0.15, -0.1) is 0 Å². The Morgan fingerprint density at radius 3 is 2.71 bits per heavy atom. The number of hydrogen-bond acceptors (Lipinski definition) is 2. The fourth-order valence-electron chi connectivity index (χ4n) is 2.87. The maximum Gasteiger partial charge on any atom is 0.0720 e. The van der Waals surface area contributed by atoms with Crippen molar-refractivity contribution in [2.75, 3.05) is 6.61 Å². The zero-order valence-electron chi connectivity index (χ0n) is 10.7. The van der Waals surface area contributed by atoms with E-state index in [2.05, 4.69) is 26.0 Å². The molecular formula is C15H22O2. The predicted molar refractivity (Wildman–Crippen MR) is 68.6 cm³/mol. The third kappa shape index (κ3) is 2.88. The van der Waals surface area contributed by atoms with Crippen molar-refractivity contribution in [2.24, 2.45) is 11.3 Å². The van der Waals surface area contributed by atoms with Gasteiger partial charge in [0.2, 0.25) is 0 Å². The molecular weight excluding hydrogens is 212 g/mol. The molecule has 1 aliphatic rings. The first-order valence-corrected chi connectivity index (χ1v) is 6.40. The second-order valence-corrected chi connectivity index (χ2v) is 5.64. The number of aliphatic hydroxyl groups is 1. The normalized spacial score (nSPS) is 32.9. The molecule has 3 atom stereocenters. The second kappa shape index (κ2) is 5.19. The van der Waals surface area contributed by atoms with Crippen LogP contribution in [0.25, 0.3) is 0 Å². The Morgan fingerprint density at radius 1 is 1.35 bits per heavy atom. The summed E-state index contributed by atoms with van der Waals surface area (Å²) >= 11 is 0. The molecule has 1 aliphatic carbocycles. The van der Waals surface area contributed by atoms with Crippen LogP contribution >= 0.6 is 0 Å². The van der Waals surface area contributed by atoms with Gasteiger partial charge >= 0.3 is 0 Å². The largest absolute Gasteiger partial charge is 0.396 e. The summed E-state index contributed by atoms with van der Waals surface area (Å²) in [7, 11) is 0. The van der Waals surface area contributed by atoms with Crippen molar-refractivity contribution in [1.82, 2.24) is 0 Å². The van der Waals surface area contributed by atoms with E-state index < -0.39 is 0 Å². The van der Waals surface area contributed by atoms with Crippen molar-refractivity contribution in [3.8, 4) is 0 Å². The van der Waals surface area contributed by atoms with Crippen molar-refractivity contribution >= 4 is 0 Å². The fourth-order valence-corrected chi connectivity index (χ4v) is 2.87. The minimum atomic E-state index is -0.0613. The van der Waals surface area contributed by atoms with Crippen molar-refractivity contribution in [1.29, 1.82) is 0 Å². The van der Waals surface area contributed by atoms with Crippen LogP contribution < -0.4 is 0 Å². The SMILES string of the molecule is C[C@@H]1C[C@H](OCc2ccccc2)[C@](C)(CO)C1. The maximum absolute atomic E-state index is 9.53. The molecule has 1 N–H and O–H groups in total. The topological polar surface area (TPSA) is 29.5 Å². The van der Waals surface area contributed by atoms with Crippen LogP contribution in [0.5, 0.6) is 0 Å². The van der Waals surface area contributed by atoms with Crippen LogP contribution in [0, 0.1) is 11.3 Å². The first-order chi connectivity index (χ1) is 8.14. The molecule has 1 aromatic rings. The van der Waals surface area contributed by atoms with E-state index in [-0.39, 0.29) is 18.1 Å². The Kier molecular flexibility index (Phi) is 3.85. The minimum absolute atomic E-state index is 0.0613. The lowest BCUT2D eigenvalue weighted by atomic mass is 9.87. The summed E-state index contributed by atoms with van der Waals surface area (Å²) in [6.07, 6.45) is 2.30. The van der Waals surface area contributed by atoms with Crippen molar-refractivity contribution in [3.05, 3.63) is 35.9 Å². The average molecular weight is 234 g/mol. The van der Waals surface area contributed by atoms with Crippen LogP contribution in [-0.2, 0) is 11.3 Å². The van der Waals surface area contributed by atoms with E-state index in [9.17, 15) is 5.11 Å². The predicted octanol–water partition coefficient (Wildman–Crippen LogP) is 3.00. The smallest absolute Gasteiger partial charge is 0.0720 e. The van der Waals surface area contributed by atoms with Crippen molar-refractivity contribution in [2.45, 2.75) is 39.4 Å². The number of rotatable bonds is 4. The quantitative estimate of drug-likeness (QED) is 0.867. The van der Waals surface area contributed by atoms with Crippen LogP contribution in [0.4, 0.5) is 0 Å². The van der Waals surface area contributed by atoms with Crippen LogP contribution in [0.15, 0.2) is 30.3 Å². The highest BCUT2D eigenvalue weighted by Gasteiger charge is 2.42. The molecule has 0 radical (unpaired) electrons. The standard InChI is InChI=1S/C15H22O2/c1-12-8-14(15(2,9-12)11-16)17-10-13-6-4-3-5-7-13/h3-7,12,14,16H,8-11H2,1-2H3/t12-,14+,15+/m1/s1. The van der Waals surface area contributed by atoms with Gasteiger partial charge in [0.15, 0.2) is 0 Å². The van der Waals surface area contributed by atoms with Gasteiger partial charge in [0.25, 0.3) is 0 Å². The van der Waals surface area contributed by atoms with Gasteiger partial charge in [0.1, 0.15) is 0 Å². The zero-order chi connectivity index (χ0) is 12.3. The molecule has 0 amide bonds. The molecule has 0 aliphatic heterocycles. The molecule has 0 heterocycles. The highest BCUT2D eigenvalue weighted by molar-refractivity contribution is 5.13. The Labute approximate surface area is 104 Å². The van der Waals surface area contributed by atoms with E-state index in [1.165, 1.54) is 5.56 Å². The summed E-state index contributed by atoms with van der Waals surface area (Å²) in [5.41, 5.74) is 1.14. The molecule has 94 valence electrons. The zero-order valence-corrected chi connectivity index (χ0v) is 10.7. The number of aliphatic hydroxyl groups excluding tert-OH is 1. The minimum Gasteiger partial charge on any atom is -0.396 e. The third-order valence-corrected chi connectivity index (χ3v) is 3.86. The fraction of sp³-hybridized carbons (Fsp3) is 0.600. The number of ether oxygens (including phenoxy) is 1. The van der Waals surface area contributed by atoms with Gasteiger partial charge < -0.3 is 9.84 Å². The summed E-state index contributed by atoms with van der Waals surface area (Å²) in [6.45, 7) is 5.23. The third-order valence-electron chi connectivity index (χ3n) is 3.86. The van der Waals surface area contributed by atoms with Crippen LogP contribution in [0.3, 0.4) is 0 Å². The summed E-state index contributed by atoms with van der Waals surface area (Å²) in [5, 5.41) is 9.53. The van der Waals surface area contributed by atoms with Crippen LogP contribution in [-0.4, -0.2) is 17.8 Å². The molecule has 0 spiro atoms. The van der Waals surface area contributed by atoms with E-state index in [0.29, 0.717) is 12.5 Å². The van der Waals surface area contributed by atoms with E-state index in [1.54, 1.807) is 0 Å². The Balaban J connectivity index is 1.95. The molecule has 1 saturated carbocycles. The highest BCUT2D eigenvalue weighted by Crippen LogP contribution is 2.43. The van der Waals surface area contributed by atoms with Crippen LogP contribution in [0.1, 0.15) is 32.3 Å². The molecule has 2 heteroatoms. The van der Waals surface area contributed by atoms with Crippen LogP contribution in [0.2, 0.25) is 0 Å². The Bertz CT molecular complexity index is 349. The molecule has 2 nitrogen and oxygen atoms in total. The lowest BCUT2D eigenvalue weighted by Crippen LogP contribution is -2.32. The van der Waals surface area contributed by atoms with E-state index in [1.807, 2.05) is 18.2 Å². The van der Waals surface area contributed by atoms with Gasteiger partial charge in [0.05, 0.1) is 19.3 Å². The highest BCUT2D eigenvalue weighted by atomic mass is 16.5. The van der Waals surface area contributed by atoms with Gasteiger partial charge in [-0.25, -0.2) is 0 Å². The molecule has 17 heavy (non-hydrogen) atoms. The average Bonchev–Trinajstić information content (AvgIpc) is 2.64.